The van der Waals surface area contributed by atoms with E-state index in [0.29, 0.717) is 26.1 Å². The van der Waals surface area contributed by atoms with E-state index in [9.17, 15) is 9.90 Å². The standard InChI is InChI=1S/C10H21NO3/c1-5-14-9(12)6-7-11(4)8-10(2,3)13/h13H,5-8H2,1-4H3. The lowest BCUT2D eigenvalue weighted by Crippen LogP contribution is -2.37. The summed E-state index contributed by atoms with van der Waals surface area (Å²) in [6.07, 6.45) is 0.375. The number of nitrogens with zero attached hydrogens (tertiary/aromatic N) is 1. The zero-order chi connectivity index (χ0) is 11.2. The molecule has 0 radical (unpaired) electrons. The Labute approximate surface area is 85.9 Å². The second-order valence-electron chi connectivity index (χ2n) is 4.11. The molecule has 0 amide bonds. The fourth-order valence-corrected chi connectivity index (χ4v) is 1.25. The van der Waals surface area contributed by atoms with Crippen molar-refractivity contribution in [2.24, 2.45) is 0 Å². The van der Waals surface area contributed by atoms with Crippen LogP contribution < -0.4 is 0 Å². The molecule has 1 N–H and O–H groups in total. The topological polar surface area (TPSA) is 49.8 Å². The number of aliphatic hydroxyl groups is 1. The Morgan fingerprint density at radius 1 is 1.50 bits per heavy atom. The zero-order valence-electron chi connectivity index (χ0n) is 9.54. The summed E-state index contributed by atoms with van der Waals surface area (Å²) in [5.41, 5.74) is -0.719. The predicted octanol–water partition coefficient (Wildman–Crippen LogP) is 0.642. The van der Waals surface area contributed by atoms with Crippen LogP contribution in [-0.2, 0) is 9.53 Å². The van der Waals surface area contributed by atoms with Gasteiger partial charge in [-0.15, -0.1) is 0 Å². The second-order valence-corrected chi connectivity index (χ2v) is 4.11. The van der Waals surface area contributed by atoms with Crippen molar-refractivity contribution < 1.29 is 14.6 Å². The van der Waals surface area contributed by atoms with Crippen LogP contribution >= 0.6 is 0 Å². The van der Waals surface area contributed by atoms with Gasteiger partial charge in [0.1, 0.15) is 0 Å². The lowest BCUT2D eigenvalue weighted by Gasteiger charge is -2.24. The molecule has 0 aromatic heterocycles. The average Bonchev–Trinajstić information content (AvgIpc) is 1.98. The van der Waals surface area contributed by atoms with Crippen LogP contribution in [0.5, 0.6) is 0 Å². The van der Waals surface area contributed by atoms with Gasteiger partial charge in [0, 0.05) is 13.1 Å². The molecule has 84 valence electrons. The lowest BCUT2D eigenvalue weighted by atomic mass is 10.1. The fraction of sp³-hybridized carbons (Fsp3) is 0.900. The number of carbonyl (C=O) groups excluding carboxylic acids is 1. The van der Waals surface area contributed by atoms with Crippen molar-refractivity contribution >= 4 is 5.97 Å². The van der Waals surface area contributed by atoms with Crippen LogP contribution in [-0.4, -0.2) is 48.3 Å². The summed E-state index contributed by atoms with van der Waals surface area (Å²) >= 11 is 0. The van der Waals surface area contributed by atoms with Crippen molar-refractivity contribution in [3.63, 3.8) is 0 Å². The maximum atomic E-state index is 11.0. The average molecular weight is 203 g/mol. The van der Waals surface area contributed by atoms with Crippen molar-refractivity contribution in [2.45, 2.75) is 32.8 Å². The maximum Gasteiger partial charge on any atom is 0.307 e. The van der Waals surface area contributed by atoms with Gasteiger partial charge in [-0.25, -0.2) is 0 Å². The van der Waals surface area contributed by atoms with Crippen molar-refractivity contribution in [3.8, 4) is 0 Å². The quantitative estimate of drug-likeness (QED) is 0.644. The van der Waals surface area contributed by atoms with Gasteiger partial charge in [-0.05, 0) is 27.8 Å². The van der Waals surface area contributed by atoms with Gasteiger partial charge in [0.2, 0.25) is 0 Å². The van der Waals surface area contributed by atoms with E-state index in [4.69, 9.17) is 4.74 Å². The first-order valence-corrected chi connectivity index (χ1v) is 4.91. The minimum atomic E-state index is -0.719. The van der Waals surface area contributed by atoms with Gasteiger partial charge in [0.25, 0.3) is 0 Å². The second kappa shape index (κ2) is 5.98. The Hall–Kier alpha value is -0.610. The fourth-order valence-electron chi connectivity index (χ4n) is 1.25. The van der Waals surface area contributed by atoms with E-state index < -0.39 is 5.60 Å². The first-order valence-electron chi connectivity index (χ1n) is 4.91. The summed E-state index contributed by atoms with van der Waals surface area (Å²) < 4.78 is 4.79. The zero-order valence-corrected chi connectivity index (χ0v) is 9.54. The van der Waals surface area contributed by atoms with Gasteiger partial charge in [0.15, 0.2) is 0 Å². The molecule has 0 bridgehead atoms. The third kappa shape index (κ3) is 8.01. The summed E-state index contributed by atoms with van der Waals surface area (Å²) in [5.74, 6) is -0.185. The molecular weight excluding hydrogens is 182 g/mol. The highest BCUT2D eigenvalue weighted by atomic mass is 16.5. The molecule has 0 aliphatic rings. The Morgan fingerprint density at radius 3 is 2.50 bits per heavy atom. The molecule has 0 heterocycles. The molecule has 0 aromatic carbocycles. The number of esters is 1. The van der Waals surface area contributed by atoms with Crippen LogP contribution in [0.2, 0.25) is 0 Å². The predicted molar refractivity (Wildman–Crippen MR) is 55.0 cm³/mol. The summed E-state index contributed by atoms with van der Waals surface area (Å²) in [6, 6.07) is 0. The SMILES string of the molecule is CCOC(=O)CCN(C)CC(C)(C)O. The number of ether oxygens (including phenoxy) is 1. The molecule has 0 saturated heterocycles. The molecule has 4 heteroatoms. The van der Waals surface area contributed by atoms with E-state index in [-0.39, 0.29) is 5.97 Å². The van der Waals surface area contributed by atoms with E-state index >= 15 is 0 Å². The highest BCUT2D eigenvalue weighted by molar-refractivity contribution is 5.69. The summed E-state index contributed by atoms with van der Waals surface area (Å²) in [4.78, 5) is 12.9. The highest BCUT2D eigenvalue weighted by Crippen LogP contribution is 2.03. The van der Waals surface area contributed by atoms with Crippen LogP contribution in [0.3, 0.4) is 0 Å². The molecule has 0 atom stereocenters. The van der Waals surface area contributed by atoms with Gasteiger partial charge in [-0.3, -0.25) is 4.79 Å². The summed E-state index contributed by atoms with van der Waals surface area (Å²) in [7, 11) is 1.87. The lowest BCUT2D eigenvalue weighted by molar-refractivity contribution is -0.143. The number of carbonyl (C=O) groups is 1. The van der Waals surface area contributed by atoms with Gasteiger partial charge in [0.05, 0.1) is 18.6 Å². The monoisotopic (exact) mass is 203 g/mol. The normalized spacial score (nSPS) is 11.9. The third-order valence-electron chi connectivity index (χ3n) is 1.66. The minimum absolute atomic E-state index is 0.185. The van der Waals surface area contributed by atoms with Crippen LogP contribution in [0.15, 0.2) is 0 Å². The Balaban J connectivity index is 3.63. The Kier molecular flexibility index (Phi) is 5.72. The van der Waals surface area contributed by atoms with Crippen LogP contribution in [0, 0.1) is 0 Å². The minimum Gasteiger partial charge on any atom is -0.466 e. The van der Waals surface area contributed by atoms with E-state index in [2.05, 4.69) is 0 Å². The Bertz CT molecular complexity index is 175. The first-order chi connectivity index (χ1) is 6.35. The van der Waals surface area contributed by atoms with E-state index in [0.717, 1.165) is 0 Å². The van der Waals surface area contributed by atoms with Crippen molar-refractivity contribution in [3.05, 3.63) is 0 Å². The van der Waals surface area contributed by atoms with Gasteiger partial charge in [-0.2, -0.15) is 0 Å². The van der Waals surface area contributed by atoms with Crippen molar-refractivity contribution in [2.75, 3.05) is 26.7 Å². The molecule has 0 saturated carbocycles. The molecule has 0 rings (SSSR count). The summed E-state index contributed by atoms with van der Waals surface area (Å²) in [6.45, 7) is 6.86. The van der Waals surface area contributed by atoms with Crippen LogP contribution in [0.1, 0.15) is 27.2 Å². The van der Waals surface area contributed by atoms with Crippen molar-refractivity contribution in [1.82, 2.24) is 4.90 Å². The molecular formula is C10H21NO3. The summed E-state index contributed by atoms with van der Waals surface area (Å²) in [5, 5.41) is 9.50. The van der Waals surface area contributed by atoms with Gasteiger partial charge in [-0.1, -0.05) is 0 Å². The molecule has 14 heavy (non-hydrogen) atoms. The third-order valence-corrected chi connectivity index (χ3v) is 1.66. The largest absolute Gasteiger partial charge is 0.466 e. The molecule has 0 aromatic rings. The molecule has 0 aliphatic carbocycles. The highest BCUT2D eigenvalue weighted by Gasteiger charge is 2.15. The van der Waals surface area contributed by atoms with E-state index in [1.165, 1.54) is 0 Å². The van der Waals surface area contributed by atoms with E-state index in [1.54, 1.807) is 20.8 Å². The number of rotatable bonds is 6. The number of hydrogen-bond acceptors (Lipinski definition) is 4. The van der Waals surface area contributed by atoms with Gasteiger partial charge < -0.3 is 14.7 Å². The van der Waals surface area contributed by atoms with E-state index in [1.807, 2.05) is 11.9 Å². The maximum absolute atomic E-state index is 11.0. The van der Waals surface area contributed by atoms with Crippen molar-refractivity contribution in [1.29, 1.82) is 0 Å². The molecule has 0 fully saturated rings. The van der Waals surface area contributed by atoms with Crippen LogP contribution in [0.25, 0.3) is 0 Å². The molecule has 0 aliphatic heterocycles. The molecule has 0 spiro atoms. The molecule has 0 unspecified atom stereocenters. The number of hydrogen-bond donors (Lipinski definition) is 1. The Morgan fingerprint density at radius 2 is 2.07 bits per heavy atom. The smallest absolute Gasteiger partial charge is 0.307 e. The first kappa shape index (κ1) is 13.4. The van der Waals surface area contributed by atoms with Gasteiger partial charge >= 0.3 is 5.97 Å². The van der Waals surface area contributed by atoms with Crippen LogP contribution in [0.4, 0.5) is 0 Å². The molecule has 4 nitrogen and oxygen atoms in total. The number of likely N-dealkylation sites (N-methyl/N-ethyl adjacent to an activating group) is 1.